The second-order valence-corrected chi connectivity index (χ2v) is 16.1. The molecule has 0 aromatic carbocycles. The summed E-state index contributed by atoms with van der Waals surface area (Å²) in [6.07, 6.45) is 2.01. The Kier molecular flexibility index (Phi) is 15.4. The maximum Gasteiger partial charge on any atom is 0.0870 e. The largest absolute Gasteiger partial charge is 0.543 e. The zero-order chi connectivity index (χ0) is 17.0. The maximum absolute atomic E-state index is 8.93. The number of aliphatic carboxylic acids is 2. The van der Waals surface area contributed by atoms with Crippen LogP contribution >= 0.6 is 14.5 Å². The van der Waals surface area contributed by atoms with E-state index in [-0.39, 0.29) is 0 Å². The highest BCUT2D eigenvalue weighted by Gasteiger charge is 2.14. The predicted octanol–water partition coefficient (Wildman–Crippen LogP) is -1.74. The van der Waals surface area contributed by atoms with Crippen LogP contribution in [0.1, 0.15) is 0 Å². The highest BCUT2D eigenvalue weighted by atomic mass is 31.2. The van der Waals surface area contributed by atoms with Gasteiger partial charge in [0.2, 0.25) is 0 Å². The molecule has 0 radical (unpaired) electrons. The molecule has 8 heteroatoms. The van der Waals surface area contributed by atoms with Crippen molar-refractivity contribution in [2.24, 2.45) is 0 Å². The van der Waals surface area contributed by atoms with E-state index in [0.717, 1.165) is 12.3 Å². The Labute approximate surface area is 122 Å². The van der Waals surface area contributed by atoms with Gasteiger partial charge in [-0.05, 0) is 0 Å². The van der Waals surface area contributed by atoms with Gasteiger partial charge in [0.05, 0.1) is 37.5 Å². The summed E-state index contributed by atoms with van der Waals surface area (Å²) < 4.78 is 0. The first-order valence-corrected chi connectivity index (χ1v) is 12.6. The van der Waals surface area contributed by atoms with Crippen molar-refractivity contribution in [2.45, 2.75) is 0 Å². The Morgan fingerprint density at radius 2 is 0.950 bits per heavy atom. The SMILES string of the molecule is C[P+](C)(C)CCO.C[P+](C)(C)CCO.O=C([O-])C(=O)[O-]. The minimum atomic E-state index is -2.19. The lowest BCUT2D eigenvalue weighted by Gasteiger charge is -2.07. The number of carboxylic acid groups (broad SMARTS) is 2. The summed E-state index contributed by atoms with van der Waals surface area (Å²) in [5.41, 5.74) is 0. The molecule has 0 bridgehead atoms. The number of rotatable bonds is 4. The third-order valence-corrected chi connectivity index (χ3v) is 4.79. The van der Waals surface area contributed by atoms with Gasteiger partial charge in [-0.1, -0.05) is 0 Å². The van der Waals surface area contributed by atoms with E-state index in [1.807, 2.05) is 0 Å². The lowest BCUT2D eigenvalue weighted by molar-refractivity contribution is -0.345. The average molecular weight is 330 g/mol. The normalized spacial score (nSPS) is 10.6. The standard InChI is InChI=1S/2C5H14OP.C2H2O4/c2*1-7(2,3)5-4-6;3-1(4)2(5)6/h2*6H,4-5H2,1-3H3;(H,3,4)(H,5,6)/q2*+1;/p-2. The van der Waals surface area contributed by atoms with Crippen molar-refractivity contribution in [3.05, 3.63) is 0 Å². The highest BCUT2D eigenvalue weighted by molar-refractivity contribution is 7.74. The molecule has 122 valence electrons. The van der Waals surface area contributed by atoms with Crippen molar-refractivity contribution in [1.29, 1.82) is 0 Å². The lowest BCUT2D eigenvalue weighted by atomic mass is 10.7. The molecule has 0 saturated carbocycles. The first kappa shape index (κ1) is 24.7. The van der Waals surface area contributed by atoms with Crippen LogP contribution in [0.5, 0.6) is 0 Å². The van der Waals surface area contributed by atoms with Crippen LogP contribution in [-0.4, -0.2) is 87.7 Å². The molecule has 0 spiro atoms. The van der Waals surface area contributed by atoms with Crippen LogP contribution in [0.15, 0.2) is 0 Å². The van der Waals surface area contributed by atoms with Gasteiger partial charge in [-0.2, -0.15) is 0 Å². The van der Waals surface area contributed by atoms with Crippen LogP contribution < -0.4 is 10.2 Å². The number of hydrogen-bond donors (Lipinski definition) is 2. The quantitative estimate of drug-likeness (QED) is 0.466. The maximum atomic E-state index is 8.93. The first-order chi connectivity index (χ1) is 8.76. The Balaban J connectivity index is -0.000000218. The van der Waals surface area contributed by atoms with Gasteiger partial charge in [-0.3, -0.25) is 0 Å². The van der Waals surface area contributed by atoms with Crippen LogP contribution in [0.3, 0.4) is 0 Å². The Morgan fingerprint density at radius 1 is 0.750 bits per heavy atom. The molecule has 20 heavy (non-hydrogen) atoms. The summed E-state index contributed by atoms with van der Waals surface area (Å²) in [6, 6.07) is 0. The molecule has 2 N–H and O–H groups in total. The van der Waals surface area contributed by atoms with Crippen molar-refractivity contribution in [1.82, 2.24) is 0 Å². The van der Waals surface area contributed by atoms with E-state index in [1.54, 1.807) is 0 Å². The molecule has 0 aliphatic heterocycles. The molecule has 0 amide bonds. The molecule has 0 heterocycles. The summed E-state index contributed by atoms with van der Waals surface area (Å²) in [7, 11) is -1.33. The van der Waals surface area contributed by atoms with Gasteiger partial charge in [0.25, 0.3) is 0 Å². The molecular formula is C12H28O6P2. The summed E-state index contributed by atoms with van der Waals surface area (Å²) >= 11 is 0. The number of carboxylic acids is 2. The zero-order valence-corrected chi connectivity index (χ0v) is 15.0. The second kappa shape index (κ2) is 12.5. The molecule has 0 aliphatic rings. The molecular weight excluding hydrogens is 302 g/mol. The fraction of sp³-hybridized carbons (Fsp3) is 0.833. The second-order valence-electron chi connectivity index (χ2n) is 6.05. The van der Waals surface area contributed by atoms with Crippen LogP contribution in [-0.2, 0) is 9.59 Å². The van der Waals surface area contributed by atoms with E-state index < -0.39 is 26.5 Å². The number of aliphatic hydroxyl groups excluding tert-OH is 2. The van der Waals surface area contributed by atoms with Crippen molar-refractivity contribution < 1.29 is 30.0 Å². The number of aliphatic hydroxyl groups is 2. The van der Waals surface area contributed by atoms with E-state index in [2.05, 4.69) is 40.0 Å². The van der Waals surface area contributed by atoms with Gasteiger partial charge in [0.1, 0.15) is 0 Å². The van der Waals surface area contributed by atoms with Crippen LogP contribution in [0.25, 0.3) is 0 Å². The Bertz CT molecular complexity index is 240. The molecule has 0 aromatic heterocycles. The Hall–Kier alpha value is -0.280. The van der Waals surface area contributed by atoms with Gasteiger partial charge in [-0.25, -0.2) is 0 Å². The summed E-state index contributed by atoms with van der Waals surface area (Å²) in [5.74, 6) is -4.37. The van der Waals surface area contributed by atoms with E-state index in [0.29, 0.717) is 13.2 Å². The number of carbonyl (C=O) groups excluding carboxylic acids is 2. The van der Waals surface area contributed by atoms with Gasteiger partial charge < -0.3 is 30.0 Å². The van der Waals surface area contributed by atoms with Gasteiger partial charge in [0, 0.05) is 54.5 Å². The van der Waals surface area contributed by atoms with Gasteiger partial charge >= 0.3 is 0 Å². The lowest BCUT2D eigenvalue weighted by Crippen LogP contribution is -2.42. The zero-order valence-electron chi connectivity index (χ0n) is 13.3. The van der Waals surface area contributed by atoms with Crippen molar-refractivity contribution >= 4 is 26.5 Å². The van der Waals surface area contributed by atoms with Gasteiger partial charge in [0.15, 0.2) is 0 Å². The fourth-order valence-corrected chi connectivity index (χ4v) is 1.80. The summed E-state index contributed by atoms with van der Waals surface area (Å²) in [4.78, 5) is 17.9. The summed E-state index contributed by atoms with van der Waals surface area (Å²) in [5, 5.41) is 34.7. The van der Waals surface area contributed by atoms with E-state index >= 15 is 0 Å². The van der Waals surface area contributed by atoms with E-state index in [1.165, 1.54) is 0 Å². The third-order valence-electron chi connectivity index (χ3n) is 1.71. The monoisotopic (exact) mass is 330 g/mol. The van der Waals surface area contributed by atoms with Gasteiger partial charge in [-0.15, -0.1) is 0 Å². The molecule has 0 atom stereocenters. The van der Waals surface area contributed by atoms with Crippen molar-refractivity contribution in [3.63, 3.8) is 0 Å². The molecule has 0 aliphatic carbocycles. The van der Waals surface area contributed by atoms with Crippen LogP contribution in [0, 0.1) is 0 Å². The fourth-order valence-electron chi connectivity index (χ4n) is 0.600. The number of hydrogen-bond acceptors (Lipinski definition) is 6. The molecule has 0 saturated heterocycles. The molecule has 0 aromatic rings. The number of carbonyl (C=O) groups is 2. The molecule has 6 nitrogen and oxygen atoms in total. The third kappa shape index (κ3) is 36.1. The average Bonchev–Trinajstić information content (AvgIpc) is 2.15. The van der Waals surface area contributed by atoms with Crippen LogP contribution in [0.4, 0.5) is 0 Å². The Morgan fingerprint density at radius 3 is 0.950 bits per heavy atom. The van der Waals surface area contributed by atoms with E-state index in [4.69, 9.17) is 30.0 Å². The minimum Gasteiger partial charge on any atom is -0.543 e. The molecule has 0 fully saturated rings. The smallest absolute Gasteiger partial charge is 0.0870 e. The highest BCUT2D eigenvalue weighted by Crippen LogP contribution is 2.45. The topological polar surface area (TPSA) is 121 Å². The molecule has 0 unspecified atom stereocenters. The van der Waals surface area contributed by atoms with Crippen LogP contribution in [0.2, 0.25) is 0 Å². The minimum absolute atomic E-state index is 0.358. The first-order valence-electron chi connectivity index (χ1n) is 6.01. The predicted molar refractivity (Wildman–Crippen MR) is 83.3 cm³/mol. The van der Waals surface area contributed by atoms with Crippen molar-refractivity contribution in [3.8, 4) is 0 Å². The summed E-state index contributed by atoms with van der Waals surface area (Å²) in [6.45, 7) is 14.1. The van der Waals surface area contributed by atoms with Crippen molar-refractivity contribution in [2.75, 3.05) is 65.5 Å². The molecule has 0 rings (SSSR count). The van der Waals surface area contributed by atoms with E-state index in [9.17, 15) is 0 Å².